The summed E-state index contributed by atoms with van der Waals surface area (Å²) in [7, 11) is 0. The second kappa shape index (κ2) is 9.26. The van der Waals surface area contributed by atoms with E-state index in [1.165, 1.54) is 24.6 Å². The van der Waals surface area contributed by atoms with Crippen molar-refractivity contribution in [2.45, 2.75) is 39.0 Å². The third-order valence-electron chi connectivity index (χ3n) is 4.94. The van der Waals surface area contributed by atoms with Gasteiger partial charge in [-0.2, -0.15) is 5.10 Å². The van der Waals surface area contributed by atoms with E-state index in [0.29, 0.717) is 11.4 Å². The minimum absolute atomic E-state index is 0.0610. The molecule has 6 heteroatoms. The van der Waals surface area contributed by atoms with Crippen LogP contribution in [0.5, 0.6) is 0 Å². The van der Waals surface area contributed by atoms with Gasteiger partial charge in [-0.15, -0.1) is 0 Å². The van der Waals surface area contributed by atoms with Gasteiger partial charge in [-0.3, -0.25) is 9.59 Å². The van der Waals surface area contributed by atoms with Crippen LogP contribution in [0.15, 0.2) is 53.6 Å². The predicted molar refractivity (Wildman–Crippen MR) is 108 cm³/mol. The Kier molecular flexibility index (Phi) is 6.53. The zero-order chi connectivity index (χ0) is 19.9. The van der Waals surface area contributed by atoms with Crippen LogP contribution in [0.2, 0.25) is 0 Å². The van der Waals surface area contributed by atoms with Crippen LogP contribution in [0.4, 0.5) is 10.1 Å². The molecule has 146 valence electrons. The van der Waals surface area contributed by atoms with E-state index in [-0.39, 0.29) is 17.4 Å². The van der Waals surface area contributed by atoms with Crippen molar-refractivity contribution >= 4 is 23.2 Å². The van der Waals surface area contributed by atoms with Crippen molar-refractivity contribution in [2.24, 2.45) is 11.0 Å². The number of hydrogen-bond acceptors (Lipinski definition) is 3. The van der Waals surface area contributed by atoms with Gasteiger partial charge in [-0.25, -0.2) is 9.82 Å². The lowest BCUT2D eigenvalue weighted by molar-refractivity contribution is -0.120. The molecule has 0 aliphatic heterocycles. The molecule has 0 saturated heterocycles. The number of hydrogen-bond donors (Lipinski definition) is 2. The average Bonchev–Trinajstić information content (AvgIpc) is 2.72. The summed E-state index contributed by atoms with van der Waals surface area (Å²) < 4.78 is 13.2. The second-order valence-corrected chi connectivity index (χ2v) is 7.05. The lowest BCUT2D eigenvalue weighted by atomic mass is 9.88. The van der Waals surface area contributed by atoms with Crippen LogP contribution in [0.1, 0.15) is 54.9 Å². The quantitative estimate of drug-likeness (QED) is 0.591. The van der Waals surface area contributed by atoms with Gasteiger partial charge in [-0.05, 0) is 55.7 Å². The highest BCUT2D eigenvalue weighted by Crippen LogP contribution is 2.25. The number of amides is 2. The first-order chi connectivity index (χ1) is 13.5. The molecule has 0 spiro atoms. The summed E-state index contributed by atoms with van der Waals surface area (Å²) in [6.07, 6.45) is 5.30. The SMILES string of the molecule is CC(=NNC(=O)c1cccc(F)c1)c1cccc(NC(=O)C2CCCCC2)c1. The summed E-state index contributed by atoms with van der Waals surface area (Å²) in [5, 5.41) is 7.07. The number of rotatable bonds is 5. The van der Waals surface area contributed by atoms with Crippen molar-refractivity contribution < 1.29 is 14.0 Å². The molecule has 0 heterocycles. The molecule has 2 amide bonds. The van der Waals surface area contributed by atoms with Crippen LogP contribution in [0, 0.1) is 11.7 Å². The summed E-state index contributed by atoms with van der Waals surface area (Å²) >= 11 is 0. The Balaban J connectivity index is 1.64. The highest BCUT2D eigenvalue weighted by molar-refractivity contribution is 6.02. The van der Waals surface area contributed by atoms with Gasteiger partial charge in [0.25, 0.3) is 5.91 Å². The molecule has 1 fully saturated rings. The van der Waals surface area contributed by atoms with E-state index in [0.717, 1.165) is 37.3 Å². The minimum atomic E-state index is -0.486. The topological polar surface area (TPSA) is 70.6 Å². The molecule has 1 saturated carbocycles. The molecule has 2 aromatic carbocycles. The third-order valence-corrected chi connectivity index (χ3v) is 4.94. The summed E-state index contributed by atoms with van der Waals surface area (Å²) in [5.41, 5.74) is 4.70. The highest BCUT2D eigenvalue weighted by atomic mass is 19.1. The molecular weight excluding hydrogens is 357 g/mol. The molecule has 2 N–H and O–H groups in total. The summed E-state index contributed by atoms with van der Waals surface area (Å²) in [5.74, 6) is -0.820. The maximum Gasteiger partial charge on any atom is 0.271 e. The van der Waals surface area contributed by atoms with Gasteiger partial charge in [0.15, 0.2) is 0 Å². The molecular formula is C22H24FN3O2. The number of carbonyl (C=O) groups excluding carboxylic acids is 2. The van der Waals surface area contributed by atoms with Gasteiger partial charge >= 0.3 is 0 Å². The Bertz CT molecular complexity index is 889. The average molecular weight is 381 g/mol. The lowest BCUT2D eigenvalue weighted by Gasteiger charge is -2.20. The Hall–Kier alpha value is -3.02. The Morgan fingerprint density at radius 3 is 2.46 bits per heavy atom. The number of nitrogens with one attached hydrogen (secondary N) is 2. The molecule has 1 aliphatic carbocycles. The fourth-order valence-corrected chi connectivity index (χ4v) is 3.32. The van der Waals surface area contributed by atoms with E-state index < -0.39 is 11.7 Å². The van der Waals surface area contributed by atoms with Crippen LogP contribution in [0.25, 0.3) is 0 Å². The zero-order valence-corrected chi connectivity index (χ0v) is 15.9. The number of carbonyl (C=O) groups is 2. The molecule has 0 atom stereocenters. The van der Waals surface area contributed by atoms with E-state index in [9.17, 15) is 14.0 Å². The molecule has 2 aromatic rings. The van der Waals surface area contributed by atoms with E-state index in [1.54, 1.807) is 6.92 Å². The molecule has 0 unspecified atom stereocenters. The van der Waals surface area contributed by atoms with E-state index >= 15 is 0 Å². The van der Waals surface area contributed by atoms with Crippen molar-refractivity contribution in [3.8, 4) is 0 Å². The minimum Gasteiger partial charge on any atom is -0.326 e. The van der Waals surface area contributed by atoms with Crippen LogP contribution < -0.4 is 10.7 Å². The maximum atomic E-state index is 13.2. The largest absolute Gasteiger partial charge is 0.326 e. The third kappa shape index (κ3) is 5.25. The monoisotopic (exact) mass is 381 g/mol. The molecule has 1 aliphatic rings. The van der Waals surface area contributed by atoms with Crippen molar-refractivity contribution in [1.29, 1.82) is 0 Å². The van der Waals surface area contributed by atoms with Gasteiger partial charge in [0, 0.05) is 17.2 Å². The molecule has 0 bridgehead atoms. The fraction of sp³-hybridized carbons (Fsp3) is 0.318. The Morgan fingerprint density at radius 2 is 1.71 bits per heavy atom. The van der Waals surface area contributed by atoms with Crippen LogP contribution in [-0.4, -0.2) is 17.5 Å². The van der Waals surface area contributed by atoms with Gasteiger partial charge in [-0.1, -0.05) is 37.5 Å². The van der Waals surface area contributed by atoms with E-state index in [2.05, 4.69) is 15.8 Å². The number of halogens is 1. The van der Waals surface area contributed by atoms with Crippen LogP contribution >= 0.6 is 0 Å². The zero-order valence-electron chi connectivity index (χ0n) is 15.9. The lowest BCUT2D eigenvalue weighted by Crippen LogP contribution is -2.24. The van der Waals surface area contributed by atoms with E-state index in [4.69, 9.17) is 0 Å². The standard InChI is InChI=1S/C22H24FN3O2/c1-15(25-26-22(28)18-10-5-11-19(23)13-18)17-9-6-12-20(14-17)24-21(27)16-7-3-2-4-8-16/h5-6,9-14,16H,2-4,7-8H2,1H3,(H,24,27)(H,26,28). The molecule has 0 radical (unpaired) electrons. The van der Waals surface area contributed by atoms with Gasteiger partial charge in [0.2, 0.25) is 5.91 Å². The normalized spacial score (nSPS) is 15.1. The summed E-state index contributed by atoms with van der Waals surface area (Å²) in [4.78, 5) is 24.5. The first-order valence-corrected chi connectivity index (χ1v) is 9.54. The van der Waals surface area contributed by atoms with Crippen molar-refractivity contribution in [2.75, 3.05) is 5.32 Å². The molecule has 28 heavy (non-hydrogen) atoms. The smallest absolute Gasteiger partial charge is 0.271 e. The Labute approximate surface area is 164 Å². The highest BCUT2D eigenvalue weighted by Gasteiger charge is 2.21. The first-order valence-electron chi connectivity index (χ1n) is 9.54. The molecule has 0 aromatic heterocycles. The Morgan fingerprint density at radius 1 is 1.00 bits per heavy atom. The van der Waals surface area contributed by atoms with Crippen LogP contribution in [-0.2, 0) is 4.79 Å². The van der Waals surface area contributed by atoms with E-state index in [1.807, 2.05) is 24.3 Å². The fourth-order valence-electron chi connectivity index (χ4n) is 3.32. The van der Waals surface area contributed by atoms with Gasteiger partial charge < -0.3 is 5.32 Å². The number of anilines is 1. The van der Waals surface area contributed by atoms with Gasteiger partial charge in [0.1, 0.15) is 5.82 Å². The van der Waals surface area contributed by atoms with Gasteiger partial charge in [0.05, 0.1) is 5.71 Å². The van der Waals surface area contributed by atoms with Crippen molar-refractivity contribution in [3.63, 3.8) is 0 Å². The number of benzene rings is 2. The van der Waals surface area contributed by atoms with Crippen LogP contribution in [0.3, 0.4) is 0 Å². The molecule has 3 rings (SSSR count). The van der Waals surface area contributed by atoms with Crippen molar-refractivity contribution in [1.82, 2.24) is 5.43 Å². The maximum absolute atomic E-state index is 13.2. The first kappa shape index (κ1) is 19.7. The second-order valence-electron chi connectivity index (χ2n) is 7.05. The predicted octanol–water partition coefficient (Wildman–Crippen LogP) is 4.50. The number of hydrazone groups is 1. The summed E-state index contributed by atoms with van der Waals surface area (Å²) in [6.45, 7) is 1.76. The molecule has 5 nitrogen and oxygen atoms in total. The van der Waals surface area contributed by atoms with Crippen molar-refractivity contribution in [3.05, 3.63) is 65.5 Å². The summed E-state index contributed by atoms with van der Waals surface area (Å²) in [6, 6.07) is 12.8. The number of nitrogens with zero attached hydrogens (tertiary/aromatic N) is 1.